The molecule has 21 heteroatoms. The molecule has 0 spiro atoms. The van der Waals surface area contributed by atoms with E-state index in [1.165, 1.54) is 32.4 Å². The van der Waals surface area contributed by atoms with Crippen LogP contribution in [0.15, 0.2) is 106 Å². The number of hydrogen-bond donors (Lipinski definition) is 3. The number of piperazine rings is 2. The first-order valence-electron chi connectivity index (χ1n) is 23.3. The fourth-order valence-corrected chi connectivity index (χ4v) is 9.53. The number of rotatable bonds is 11. The Morgan fingerprint density at radius 2 is 1.27 bits per heavy atom. The summed E-state index contributed by atoms with van der Waals surface area (Å²) in [6, 6.07) is 13.2. The van der Waals surface area contributed by atoms with Crippen LogP contribution >= 0.6 is 0 Å². The fraction of sp³-hybridized carbons (Fsp3) is 0.327. The molecule has 4 aromatic rings. The van der Waals surface area contributed by atoms with E-state index in [1.54, 1.807) is 30.7 Å². The predicted molar refractivity (Wildman–Crippen MR) is 254 cm³/mol. The molecule has 5 aliphatic rings. The van der Waals surface area contributed by atoms with Crippen molar-refractivity contribution in [3.05, 3.63) is 169 Å². The lowest BCUT2D eigenvalue weighted by Gasteiger charge is -2.51. The fourth-order valence-electron chi connectivity index (χ4n) is 9.53. The minimum absolute atomic E-state index is 0.00592. The molecule has 0 radical (unpaired) electrons. The molecule has 1 aromatic heterocycles. The SMILES string of the molecule is C=C1C(OCc2ccccc2)=C2C(=O)N(C(C)C)CC3C(=O)N(C)CC(=C1C(=O)NCc1ccc(F)cc1F)N23.CC(C)N1CC2C(=O)N(C)Cc3c(C(=O)NCc4ccc(F)cc4F)c(=O)c(O)c(n32)C1=O. The normalized spacial score (nSPS) is 18.3. The van der Waals surface area contributed by atoms with E-state index in [0.29, 0.717) is 11.8 Å². The zero-order valence-electron chi connectivity index (χ0n) is 40.7. The molecule has 2 saturated heterocycles. The molecule has 0 bridgehead atoms. The number of carbonyl (C=O) groups is 6. The Labute approximate surface area is 416 Å². The van der Waals surface area contributed by atoms with Gasteiger partial charge in [-0.05, 0) is 45.4 Å². The largest absolute Gasteiger partial charge is 0.503 e. The van der Waals surface area contributed by atoms with Crippen molar-refractivity contribution in [3.8, 4) is 5.75 Å². The van der Waals surface area contributed by atoms with Crippen LogP contribution in [0.1, 0.15) is 77.0 Å². The highest BCUT2D eigenvalue weighted by Crippen LogP contribution is 2.43. The minimum Gasteiger partial charge on any atom is -0.503 e. The number of halogens is 4. The maximum atomic E-state index is 14.3. The van der Waals surface area contributed by atoms with Gasteiger partial charge in [-0.1, -0.05) is 49.0 Å². The number of carbonyl (C=O) groups excluding carboxylic acids is 6. The van der Waals surface area contributed by atoms with E-state index >= 15 is 0 Å². The van der Waals surface area contributed by atoms with Gasteiger partial charge in [0.25, 0.3) is 23.6 Å². The Hall–Kier alpha value is -8.23. The predicted octanol–water partition coefficient (Wildman–Crippen LogP) is 4.37. The minimum atomic E-state index is -1.06. The average molecular weight is 1010 g/mol. The molecule has 73 heavy (non-hydrogen) atoms. The van der Waals surface area contributed by atoms with Gasteiger partial charge in [-0.2, -0.15) is 0 Å². The van der Waals surface area contributed by atoms with Crippen molar-refractivity contribution in [2.45, 2.75) is 78.1 Å². The molecular formula is C52H52F4N8O9. The van der Waals surface area contributed by atoms with Crippen LogP contribution in [0, 0.1) is 23.3 Å². The molecular weight excluding hydrogens is 957 g/mol. The van der Waals surface area contributed by atoms with Gasteiger partial charge in [0.2, 0.25) is 17.2 Å². The lowest BCUT2D eigenvalue weighted by Crippen LogP contribution is -2.66. The number of hydrogen-bond acceptors (Lipinski definition) is 10. The van der Waals surface area contributed by atoms with E-state index < -0.39 is 69.8 Å². The zero-order chi connectivity index (χ0) is 52.9. The molecule has 17 nitrogen and oxygen atoms in total. The molecule has 3 aromatic carbocycles. The third-order valence-electron chi connectivity index (χ3n) is 13.3. The second kappa shape index (κ2) is 20.1. The Bertz CT molecular complexity index is 3140. The first-order chi connectivity index (χ1) is 34.6. The number of ether oxygens (including phenoxy) is 1. The Kier molecular flexibility index (Phi) is 14.1. The average Bonchev–Trinajstić information content (AvgIpc) is 3.34. The number of allylic oxidation sites excluding steroid dienone is 1. The van der Waals surface area contributed by atoms with Crippen molar-refractivity contribution >= 4 is 35.4 Å². The Balaban J connectivity index is 0.000000199. The number of aromatic hydroxyl groups is 1. The van der Waals surface area contributed by atoms with Crippen molar-refractivity contribution in [1.29, 1.82) is 0 Å². The van der Waals surface area contributed by atoms with Gasteiger partial charge in [0.05, 0.1) is 43.1 Å². The molecule has 9 rings (SSSR count). The highest BCUT2D eigenvalue weighted by Gasteiger charge is 2.52. The maximum absolute atomic E-state index is 14.3. The van der Waals surface area contributed by atoms with Crippen LogP contribution in [0.2, 0.25) is 0 Å². The van der Waals surface area contributed by atoms with Crippen molar-refractivity contribution in [1.82, 2.24) is 39.7 Å². The second-order valence-electron chi connectivity index (χ2n) is 18.7. The molecule has 2 fully saturated rings. The molecule has 0 aliphatic carbocycles. The summed E-state index contributed by atoms with van der Waals surface area (Å²) in [6.45, 7) is 11.0. The van der Waals surface area contributed by atoms with Crippen LogP contribution in [0.3, 0.4) is 0 Å². The second-order valence-corrected chi connectivity index (χ2v) is 18.7. The zero-order valence-corrected chi connectivity index (χ0v) is 40.7. The number of benzene rings is 3. The number of nitrogens with zero attached hydrogens (tertiary/aromatic N) is 6. The smallest absolute Gasteiger partial charge is 0.274 e. The monoisotopic (exact) mass is 1010 g/mol. The van der Waals surface area contributed by atoms with Crippen LogP contribution in [-0.2, 0) is 50.2 Å². The van der Waals surface area contributed by atoms with Crippen molar-refractivity contribution in [2.75, 3.05) is 33.7 Å². The summed E-state index contributed by atoms with van der Waals surface area (Å²) in [6.07, 6.45) is 0. The topological polar surface area (TPSA) is 194 Å². The quantitative estimate of drug-likeness (QED) is 0.182. The summed E-state index contributed by atoms with van der Waals surface area (Å²) in [4.78, 5) is 100. The third kappa shape index (κ3) is 9.41. The van der Waals surface area contributed by atoms with Crippen LogP contribution in [0.5, 0.6) is 5.75 Å². The molecule has 6 amide bonds. The summed E-state index contributed by atoms with van der Waals surface area (Å²) in [7, 11) is 3.15. The van der Waals surface area contributed by atoms with E-state index in [1.807, 2.05) is 44.2 Å². The third-order valence-corrected chi connectivity index (χ3v) is 13.3. The molecule has 6 heterocycles. The Morgan fingerprint density at radius 1 is 0.740 bits per heavy atom. The molecule has 3 N–H and O–H groups in total. The van der Waals surface area contributed by atoms with Crippen molar-refractivity contribution in [3.63, 3.8) is 0 Å². The lowest BCUT2D eigenvalue weighted by atomic mass is 9.89. The number of pyridine rings is 1. The molecule has 0 saturated carbocycles. The Morgan fingerprint density at radius 3 is 1.85 bits per heavy atom. The molecule has 2 atom stereocenters. The first kappa shape index (κ1) is 51.1. The van der Waals surface area contributed by atoms with Gasteiger partial charge >= 0.3 is 0 Å². The van der Waals surface area contributed by atoms with Crippen molar-refractivity contribution in [2.24, 2.45) is 0 Å². The number of amides is 6. The van der Waals surface area contributed by atoms with Gasteiger partial charge in [-0.3, -0.25) is 33.6 Å². The van der Waals surface area contributed by atoms with E-state index in [2.05, 4.69) is 17.2 Å². The summed E-state index contributed by atoms with van der Waals surface area (Å²) >= 11 is 0. The summed E-state index contributed by atoms with van der Waals surface area (Å²) in [5.41, 5.74) is 0.155. The van der Waals surface area contributed by atoms with Gasteiger partial charge in [0.1, 0.15) is 47.5 Å². The van der Waals surface area contributed by atoms with E-state index in [9.17, 15) is 56.2 Å². The highest BCUT2D eigenvalue weighted by atomic mass is 19.1. The van der Waals surface area contributed by atoms with E-state index in [-0.39, 0.29) is 121 Å². The first-order valence-corrected chi connectivity index (χ1v) is 23.3. The van der Waals surface area contributed by atoms with Crippen LogP contribution in [0.4, 0.5) is 17.6 Å². The van der Waals surface area contributed by atoms with E-state index in [0.717, 1.165) is 29.8 Å². The van der Waals surface area contributed by atoms with Gasteiger partial charge in [-0.15, -0.1) is 0 Å². The lowest BCUT2D eigenvalue weighted by molar-refractivity contribution is -0.147. The van der Waals surface area contributed by atoms with Gasteiger partial charge in [-0.25, -0.2) is 17.6 Å². The molecule has 2 unspecified atom stereocenters. The van der Waals surface area contributed by atoms with Crippen LogP contribution in [0.25, 0.3) is 0 Å². The number of likely N-dealkylation sites (N-methyl/N-ethyl adjacent to an activating group) is 2. The van der Waals surface area contributed by atoms with E-state index in [4.69, 9.17) is 4.74 Å². The van der Waals surface area contributed by atoms with Gasteiger partial charge < -0.3 is 49.5 Å². The van der Waals surface area contributed by atoms with Crippen LogP contribution in [-0.4, -0.2) is 121 Å². The summed E-state index contributed by atoms with van der Waals surface area (Å²) < 4.78 is 62.2. The molecule has 5 aliphatic heterocycles. The van der Waals surface area contributed by atoms with Crippen molar-refractivity contribution < 1.29 is 56.2 Å². The summed E-state index contributed by atoms with van der Waals surface area (Å²) in [5.74, 6) is -6.91. The number of nitrogens with one attached hydrogen (secondary N) is 2. The maximum Gasteiger partial charge on any atom is 0.274 e. The number of aromatic nitrogens is 1. The van der Waals surface area contributed by atoms with Gasteiger partial charge in [0.15, 0.2) is 22.9 Å². The van der Waals surface area contributed by atoms with Crippen LogP contribution < -0.4 is 16.1 Å². The molecule has 382 valence electrons. The standard InChI is InChI=1S/C30H30F2N4O4.C22H22F2N4O5/c1-17(2)35-15-24-29(38)34(4)14-23-25(28(37)33-13-20-10-11-21(31)12-22(20)32)18(3)27(26(30(35)39)36(23)24)40-16-19-8-6-5-7-9-19;1-10(2)27-9-15-21(32)26(3)8-14-16(18(29)19(30)17(22(27)33)28(14)15)20(31)25-7-11-4-5-12(23)6-13(11)24/h5-12,17,24H,3,13-16H2,1-2,4H3,(H,33,37);4-6,10,15,30H,7-9H2,1-3H3,(H,25,31). The summed E-state index contributed by atoms with van der Waals surface area (Å²) in [5, 5.41) is 15.7. The highest BCUT2D eigenvalue weighted by molar-refractivity contribution is 6.06. The van der Waals surface area contributed by atoms with Gasteiger partial charge in [0, 0.05) is 68.1 Å².